The first kappa shape index (κ1) is 17.3. The van der Waals surface area contributed by atoms with E-state index in [1.165, 1.54) is 0 Å². The van der Waals surface area contributed by atoms with E-state index in [1.54, 1.807) is 0 Å². The summed E-state index contributed by atoms with van der Waals surface area (Å²) in [5, 5.41) is 3.24. The Bertz CT molecular complexity index is 549. The number of nitrogens with one attached hydrogen (secondary N) is 1. The number of ether oxygens (including phenoxy) is 1. The van der Waals surface area contributed by atoms with E-state index in [0.29, 0.717) is 18.4 Å². The maximum atomic E-state index is 12.6. The molecule has 2 unspecified atom stereocenters. The van der Waals surface area contributed by atoms with Crippen LogP contribution < -0.4 is 5.32 Å². The molecule has 2 aliphatic carbocycles. The third kappa shape index (κ3) is 3.20. The molecule has 4 rings (SSSR count). The number of carbonyl (C=O) groups is 2. The Morgan fingerprint density at radius 3 is 2.40 bits per heavy atom. The lowest BCUT2D eigenvalue weighted by atomic mass is 9.62. The molecule has 2 heterocycles. The number of carbonyl (C=O) groups excluding carboxylic acids is 2. The van der Waals surface area contributed by atoms with Crippen molar-refractivity contribution in [1.29, 1.82) is 0 Å². The van der Waals surface area contributed by atoms with E-state index >= 15 is 0 Å². The van der Waals surface area contributed by atoms with Crippen molar-refractivity contribution in [2.24, 2.45) is 28.6 Å². The van der Waals surface area contributed by atoms with Gasteiger partial charge in [0, 0.05) is 50.6 Å². The summed E-state index contributed by atoms with van der Waals surface area (Å²) in [7, 11) is 0. The highest BCUT2D eigenvalue weighted by atomic mass is 16.5. The maximum Gasteiger partial charge on any atom is 0.225 e. The van der Waals surface area contributed by atoms with Gasteiger partial charge in [-0.1, -0.05) is 13.8 Å². The van der Waals surface area contributed by atoms with Crippen molar-refractivity contribution in [3.8, 4) is 0 Å². The summed E-state index contributed by atoms with van der Waals surface area (Å²) in [6, 6.07) is 0. The molecular weight excluding hydrogens is 316 g/mol. The first-order chi connectivity index (χ1) is 11.9. The molecule has 4 aliphatic rings. The molecule has 2 atom stereocenters. The molecule has 2 aliphatic heterocycles. The largest absolute Gasteiger partial charge is 0.381 e. The molecule has 140 valence electrons. The minimum atomic E-state index is 0.143. The first-order valence-corrected chi connectivity index (χ1v) is 10.1. The predicted octanol–water partition coefficient (Wildman–Crippen LogP) is 2.20. The van der Waals surface area contributed by atoms with Crippen molar-refractivity contribution in [2.45, 2.75) is 52.4 Å². The van der Waals surface area contributed by atoms with E-state index in [2.05, 4.69) is 24.1 Å². The molecule has 1 N–H and O–H groups in total. The minimum absolute atomic E-state index is 0.143. The fraction of sp³-hybridized carbons (Fsp3) is 0.900. The van der Waals surface area contributed by atoms with Crippen molar-refractivity contribution in [3.63, 3.8) is 0 Å². The average Bonchev–Trinajstić information content (AvgIpc) is 3.37. The number of amides is 2. The molecule has 1 spiro atoms. The van der Waals surface area contributed by atoms with Crippen LogP contribution >= 0.6 is 0 Å². The summed E-state index contributed by atoms with van der Waals surface area (Å²) in [6.45, 7) is 8.32. The summed E-state index contributed by atoms with van der Waals surface area (Å²) < 4.78 is 5.59. The molecule has 5 nitrogen and oxygen atoms in total. The quantitative estimate of drug-likeness (QED) is 0.847. The van der Waals surface area contributed by atoms with E-state index in [0.717, 1.165) is 64.8 Å². The highest BCUT2D eigenvalue weighted by Gasteiger charge is 2.50. The third-order valence-electron chi connectivity index (χ3n) is 7.40. The third-order valence-corrected chi connectivity index (χ3v) is 7.40. The molecule has 0 bridgehead atoms. The second-order valence-corrected chi connectivity index (χ2v) is 9.49. The van der Waals surface area contributed by atoms with Crippen LogP contribution in [0.2, 0.25) is 0 Å². The predicted molar refractivity (Wildman–Crippen MR) is 94.8 cm³/mol. The number of nitrogens with zero attached hydrogens (tertiary/aromatic N) is 1. The van der Waals surface area contributed by atoms with Crippen LogP contribution in [0.1, 0.15) is 52.4 Å². The second-order valence-electron chi connectivity index (χ2n) is 9.49. The zero-order valence-electron chi connectivity index (χ0n) is 15.7. The Morgan fingerprint density at radius 2 is 1.84 bits per heavy atom. The number of hydrogen-bond donors (Lipinski definition) is 1. The van der Waals surface area contributed by atoms with Gasteiger partial charge in [-0.25, -0.2) is 0 Å². The van der Waals surface area contributed by atoms with Crippen LogP contribution in [-0.4, -0.2) is 49.6 Å². The molecule has 2 saturated heterocycles. The van der Waals surface area contributed by atoms with Crippen molar-refractivity contribution >= 4 is 11.8 Å². The summed E-state index contributed by atoms with van der Waals surface area (Å²) in [5.74, 6) is 1.36. The van der Waals surface area contributed by atoms with Gasteiger partial charge in [0.15, 0.2) is 0 Å². The number of likely N-dealkylation sites (tertiary alicyclic amines) is 1. The van der Waals surface area contributed by atoms with Gasteiger partial charge in [-0.3, -0.25) is 9.59 Å². The monoisotopic (exact) mass is 348 g/mol. The van der Waals surface area contributed by atoms with Gasteiger partial charge in [0.2, 0.25) is 11.8 Å². The lowest BCUT2D eigenvalue weighted by molar-refractivity contribution is -0.134. The van der Waals surface area contributed by atoms with Gasteiger partial charge in [-0.2, -0.15) is 0 Å². The Hall–Kier alpha value is -1.10. The second kappa shape index (κ2) is 6.26. The van der Waals surface area contributed by atoms with Gasteiger partial charge in [0.05, 0.1) is 0 Å². The normalized spacial score (nSPS) is 33.1. The van der Waals surface area contributed by atoms with E-state index < -0.39 is 0 Å². The summed E-state index contributed by atoms with van der Waals surface area (Å²) in [4.78, 5) is 27.2. The molecule has 25 heavy (non-hydrogen) atoms. The van der Waals surface area contributed by atoms with Crippen LogP contribution in [0, 0.1) is 28.6 Å². The van der Waals surface area contributed by atoms with E-state index in [9.17, 15) is 9.59 Å². The van der Waals surface area contributed by atoms with Gasteiger partial charge >= 0.3 is 0 Å². The minimum Gasteiger partial charge on any atom is -0.381 e. The van der Waals surface area contributed by atoms with Crippen LogP contribution in [0.4, 0.5) is 0 Å². The van der Waals surface area contributed by atoms with E-state index in [4.69, 9.17) is 4.74 Å². The van der Waals surface area contributed by atoms with Crippen molar-refractivity contribution in [1.82, 2.24) is 10.2 Å². The molecule has 2 saturated carbocycles. The standard InChI is InChI=1S/C20H32N2O3/c1-19(2)6-5-16(19)17(23)21-11-15-12-22(18(24)14-3-4-14)13-20(15)7-9-25-10-8-20/h14-16H,3-13H2,1-2H3,(H,21,23). The van der Waals surface area contributed by atoms with E-state index in [1.807, 2.05) is 0 Å². The van der Waals surface area contributed by atoms with Gasteiger partial charge in [-0.05, 0) is 49.4 Å². The Balaban J connectivity index is 1.40. The zero-order valence-corrected chi connectivity index (χ0v) is 15.7. The van der Waals surface area contributed by atoms with Crippen molar-refractivity contribution in [3.05, 3.63) is 0 Å². The number of hydrogen-bond acceptors (Lipinski definition) is 3. The highest BCUT2D eigenvalue weighted by molar-refractivity contribution is 5.82. The van der Waals surface area contributed by atoms with E-state index in [-0.39, 0.29) is 28.6 Å². The molecule has 0 aromatic heterocycles. The molecule has 0 aromatic rings. The lowest BCUT2D eigenvalue weighted by Crippen LogP contribution is -2.48. The van der Waals surface area contributed by atoms with Crippen LogP contribution in [-0.2, 0) is 14.3 Å². The molecule has 2 amide bonds. The van der Waals surface area contributed by atoms with Crippen LogP contribution in [0.25, 0.3) is 0 Å². The Kier molecular flexibility index (Phi) is 4.33. The molecule has 5 heteroatoms. The van der Waals surface area contributed by atoms with Gasteiger partial charge in [0.1, 0.15) is 0 Å². The zero-order chi connectivity index (χ0) is 17.7. The molecule has 0 radical (unpaired) electrons. The smallest absolute Gasteiger partial charge is 0.225 e. The van der Waals surface area contributed by atoms with Crippen LogP contribution in [0.15, 0.2) is 0 Å². The SMILES string of the molecule is CC1(C)CCC1C(=O)NCC1CN(C(=O)C2CC2)CC12CCOCC2. The van der Waals surface area contributed by atoms with Gasteiger partial charge in [-0.15, -0.1) is 0 Å². The maximum absolute atomic E-state index is 12.6. The van der Waals surface area contributed by atoms with Gasteiger partial charge in [0.25, 0.3) is 0 Å². The topological polar surface area (TPSA) is 58.6 Å². The lowest BCUT2D eigenvalue weighted by Gasteiger charge is -2.43. The summed E-state index contributed by atoms with van der Waals surface area (Å²) >= 11 is 0. The van der Waals surface area contributed by atoms with Crippen molar-refractivity contribution in [2.75, 3.05) is 32.8 Å². The summed E-state index contributed by atoms with van der Waals surface area (Å²) in [5.41, 5.74) is 0.287. The molecular formula is C20H32N2O3. The van der Waals surface area contributed by atoms with Gasteiger partial charge < -0.3 is 15.0 Å². The number of rotatable bonds is 4. The summed E-state index contributed by atoms with van der Waals surface area (Å²) in [6.07, 6.45) is 6.29. The molecule has 0 aromatic carbocycles. The van der Waals surface area contributed by atoms with Crippen LogP contribution in [0.5, 0.6) is 0 Å². The molecule has 4 fully saturated rings. The van der Waals surface area contributed by atoms with Crippen LogP contribution in [0.3, 0.4) is 0 Å². The van der Waals surface area contributed by atoms with Crippen molar-refractivity contribution < 1.29 is 14.3 Å². The average molecular weight is 348 g/mol. The fourth-order valence-electron chi connectivity index (χ4n) is 5.11. The Morgan fingerprint density at radius 1 is 1.12 bits per heavy atom. The first-order valence-electron chi connectivity index (χ1n) is 10.1. The Labute approximate surface area is 150 Å². The fourth-order valence-corrected chi connectivity index (χ4v) is 5.11. The highest BCUT2D eigenvalue weighted by Crippen LogP contribution is 2.47.